The van der Waals surface area contributed by atoms with Crippen molar-refractivity contribution in [3.63, 3.8) is 0 Å². The quantitative estimate of drug-likeness (QED) is 0.376. The largest absolute Gasteiger partial charge is 0.409 e. The number of hydrogen-bond donors (Lipinski definition) is 2. The molecule has 1 saturated heterocycles. The highest BCUT2D eigenvalue weighted by Crippen LogP contribution is 2.30. The lowest BCUT2D eigenvalue weighted by atomic mass is 9.94. The van der Waals surface area contributed by atoms with Gasteiger partial charge in [0.05, 0.1) is 5.56 Å². The number of hydrogen-bond acceptors (Lipinski definition) is 4. The Balaban J connectivity index is 2.54. The second-order valence-corrected chi connectivity index (χ2v) is 5.95. The molecule has 20 heavy (non-hydrogen) atoms. The summed E-state index contributed by atoms with van der Waals surface area (Å²) < 4.78 is 0. The molecule has 0 radical (unpaired) electrons. The number of aryl methyl sites for hydroxylation is 2. The van der Waals surface area contributed by atoms with Crippen LogP contribution in [0.3, 0.4) is 0 Å². The van der Waals surface area contributed by atoms with E-state index in [0.29, 0.717) is 12.0 Å². The highest BCUT2D eigenvalue weighted by Gasteiger charge is 2.27. The lowest BCUT2D eigenvalue weighted by Gasteiger charge is -2.39. The summed E-state index contributed by atoms with van der Waals surface area (Å²) in [5.74, 6) is 1.61. The van der Waals surface area contributed by atoms with Crippen LogP contribution in [0.4, 0.5) is 5.82 Å². The minimum absolute atomic E-state index is 0.135. The highest BCUT2D eigenvalue weighted by molar-refractivity contribution is 6.02. The Morgan fingerprint density at radius 3 is 2.75 bits per heavy atom. The van der Waals surface area contributed by atoms with Gasteiger partial charge in [0.2, 0.25) is 0 Å². The first-order valence-electron chi connectivity index (χ1n) is 7.16. The maximum absolute atomic E-state index is 9.04. The third kappa shape index (κ3) is 2.71. The number of oxime groups is 1. The van der Waals surface area contributed by atoms with E-state index in [1.165, 1.54) is 6.42 Å². The summed E-state index contributed by atoms with van der Waals surface area (Å²) in [6.07, 6.45) is 2.38. The van der Waals surface area contributed by atoms with E-state index in [1.807, 2.05) is 19.9 Å². The van der Waals surface area contributed by atoms with Crippen LogP contribution in [0.25, 0.3) is 0 Å². The number of piperidine rings is 1. The van der Waals surface area contributed by atoms with Gasteiger partial charge in [0, 0.05) is 18.3 Å². The molecule has 0 aliphatic carbocycles. The van der Waals surface area contributed by atoms with Crippen molar-refractivity contribution in [1.29, 1.82) is 0 Å². The van der Waals surface area contributed by atoms with Crippen molar-refractivity contribution >= 4 is 11.7 Å². The van der Waals surface area contributed by atoms with Crippen LogP contribution in [-0.2, 0) is 0 Å². The van der Waals surface area contributed by atoms with Crippen LogP contribution in [0, 0.1) is 19.8 Å². The van der Waals surface area contributed by atoms with Gasteiger partial charge in [0.15, 0.2) is 5.84 Å². The van der Waals surface area contributed by atoms with Gasteiger partial charge in [-0.1, -0.05) is 12.1 Å². The van der Waals surface area contributed by atoms with E-state index in [2.05, 4.69) is 28.9 Å². The fourth-order valence-electron chi connectivity index (χ4n) is 2.98. The third-order valence-electron chi connectivity index (χ3n) is 4.08. The Morgan fingerprint density at radius 1 is 1.40 bits per heavy atom. The van der Waals surface area contributed by atoms with Gasteiger partial charge in [-0.3, -0.25) is 0 Å². The summed E-state index contributed by atoms with van der Waals surface area (Å²) in [5.41, 5.74) is 8.56. The van der Waals surface area contributed by atoms with Gasteiger partial charge < -0.3 is 15.8 Å². The second kappa shape index (κ2) is 5.69. The van der Waals surface area contributed by atoms with Gasteiger partial charge in [-0.2, -0.15) is 0 Å². The van der Waals surface area contributed by atoms with Crippen molar-refractivity contribution in [2.75, 3.05) is 11.4 Å². The van der Waals surface area contributed by atoms with Crippen LogP contribution in [0.1, 0.15) is 43.5 Å². The molecule has 1 aromatic heterocycles. The molecule has 0 saturated carbocycles. The van der Waals surface area contributed by atoms with Gasteiger partial charge in [0.1, 0.15) is 5.82 Å². The van der Waals surface area contributed by atoms with E-state index in [0.717, 1.165) is 35.6 Å². The summed E-state index contributed by atoms with van der Waals surface area (Å²) in [7, 11) is 0. The smallest absolute Gasteiger partial charge is 0.174 e. The van der Waals surface area contributed by atoms with E-state index >= 15 is 0 Å². The molecule has 0 aromatic carbocycles. The van der Waals surface area contributed by atoms with Crippen LogP contribution < -0.4 is 10.6 Å². The predicted molar refractivity (Wildman–Crippen MR) is 81.4 cm³/mol. The molecule has 5 nitrogen and oxygen atoms in total. The van der Waals surface area contributed by atoms with Crippen molar-refractivity contribution in [2.24, 2.45) is 16.8 Å². The lowest BCUT2D eigenvalue weighted by molar-refractivity contribution is 0.318. The number of rotatable bonds is 2. The number of amidine groups is 1. The fourth-order valence-corrected chi connectivity index (χ4v) is 2.98. The minimum Gasteiger partial charge on any atom is -0.409 e. The number of aromatic nitrogens is 1. The maximum Gasteiger partial charge on any atom is 0.174 e. The number of nitrogens with two attached hydrogens (primary N) is 1. The standard InChI is InChI=1S/C15H24N4O/c1-9-5-6-12(4)19(8-9)15-13(14(16)18-20)10(2)7-11(3)17-15/h7,9,12,20H,5-6,8H2,1-4H3,(H2,16,18). The van der Waals surface area contributed by atoms with Crippen LogP contribution in [0.15, 0.2) is 11.2 Å². The molecule has 0 amide bonds. The van der Waals surface area contributed by atoms with E-state index in [4.69, 9.17) is 10.9 Å². The molecule has 1 aromatic rings. The molecule has 5 heteroatoms. The average Bonchev–Trinajstić information content (AvgIpc) is 2.40. The van der Waals surface area contributed by atoms with Gasteiger partial charge in [-0.25, -0.2) is 4.98 Å². The molecule has 2 atom stereocenters. The minimum atomic E-state index is 0.135. The molecule has 1 aliphatic rings. The summed E-state index contributed by atoms with van der Waals surface area (Å²) in [4.78, 5) is 6.96. The Kier molecular flexibility index (Phi) is 4.16. The molecule has 3 N–H and O–H groups in total. The van der Waals surface area contributed by atoms with Crippen LogP contribution in [-0.4, -0.2) is 28.6 Å². The van der Waals surface area contributed by atoms with E-state index in [1.54, 1.807) is 0 Å². The predicted octanol–water partition coefficient (Wildman–Crippen LogP) is 2.42. The van der Waals surface area contributed by atoms with Crippen molar-refractivity contribution in [2.45, 2.75) is 46.6 Å². The summed E-state index contributed by atoms with van der Waals surface area (Å²) in [6.45, 7) is 9.38. The highest BCUT2D eigenvalue weighted by atomic mass is 16.4. The van der Waals surface area contributed by atoms with Gasteiger partial charge in [0.25, 0.3) is 0 Å². The number of pyridine rings is 1. The van der Waals surface area contributed by atoms with E-state index in [-0.39, 0.29) is 5.84 Å². The molecule has 2 heterocycles. The Morgan fingerprint density at radius 2 is 2.10 bits per heavy atom. The molecule has 1 aliphatic heterocycles. The van der Waals surface area contributed by atoms with Gasteiger partial charge >= 0.3 is 0 Å². The molecular weight excluding hydrogens is 252 g/mol. The summed E-state index contributed by atoms with van der Waals surface area (Å²) >= 11 is 0. The Labute approximate surface area is 120 Å². The molecule has 0 spiro atoms. The average molecular weight is 276 g/mol. The summed E-state index contributed by atoms with van der Waals surface area (Å²) in [5, 5.41) is 12.2. The van der Waals surface area contributed by atoms with Crippen LogP contribution in [0.2, 0.25) is 0 Å². The Hall–Kier alpha value is -1.78. The molecule has 1 fully saturated rings. The molecule has 0 bridgehead atoms. The van der Waals surface area contributed by atoms with E-state index in [9.17, 15) is 0 Å². The fraction of sp³-hybridized carbons (Fsp3) is 0.600. The van der Waals surface area contributed by atoms with Crippen molar-refractivity contribution in [3.8, 4) is 0 Å². The monoisotopic (exact) mass is 276 g/mol. The zero-order chi connectivity index (χ0) is 14.9. The molecule has 110 valence electrons. The zero-order valence-corrected chi connectivity index (χ0v) is 12.7. The van der Waals surface area contributed by atoms with Crippen molar-refractivity contribution in [3.05, 3.63) is 22.9 Å². The van der Waals surface area contributed by atoms with Crippen LogP contribution in [0.5, 0.6) is 0 Å². The topological polar surface area (TPSA) is 74.7 Å². The molecule has 2 rings (SSSR count). The second-order valence-electron chi connectivity index (χ2n) is 5.95. The summed E-state index contributed by atoms with van der Waals surface area (Å²) in [6, 6.07) is 2.39. The zero-order valence-electron chi connectivity index (χ0n) is 12.7. The first-order valence-corrected chi connectivity index (χ1v) is 7.16. The third-order valence-corrected chi connectivity index (χ3v) is 4.08. The van der Waals surface area contributed by atoms with Gasteiger partial charge in [-0.15, -0.1) is 0 Å². The van der Waals surface area contributed by atoms with Crippen molar-refractivity contribution in [1.82, 2.24) is 4.98 Å². The Bertz CT molecular complexity index is 527. The first-order chi connectivity index (χ1) is 9.43. The van der Waals surface area contributed by atoms with Gasteiger partial charge in [-0.05, 0) is 51.2 Å². The SMILES string of the molecule is Cc1cc(C)c(C(N)=NO)c(N2CC(C)CCC2C)n1. The molecular formula is C15H24N4O. The number of anilines is 1. The first kappa shape index (κ1) is 14.6. The maximum atomic E-state index is 9.04. The van der Waals surface area contributed by atoms with Crippen molar-refractivity contribution < 1.29 is 5.21 Å². The van der Waals surface area contributed by atoms with E-state index < -0.39 is 0 Å². The normalized spacial score (nSPS) is 24.0. The molecule has 2 unspecified atom stereocenters. The van der Waals surface area contributed by atoms with Crippen LogP contribution >= 0.6 is 0 Å². The lowest BCUT2D eigenvalue weighted by Crippen LogP contribution is -2.43. The number of nitrogens with zero attached hydrogens (tertiary/aromatic N) is 3.